The van der Waals surface area contributed by atoms with Crippen LogP contribution in [0.15, 0.2) is 59.7 Å². The van der Waals surface area contributed by atoms with Gasteiger partial charge in [0.05, 0.1) is 16.9 Å². The van der Waals surface area contributed by atoms with E-state index in [0.717, 1.165) is 49.4 Å². The molecule has 4 aromatic rings. The molecule has 0 amide bonds. The van der Waals surface area contributed by atoms with E-state index in [1.165, 1.54) is 33.3 Å². The van der Waals surface area contributed by atoms with Gasteiger partial charge in [0.1, 0.15) is 0 Å². The smallest absolute Gasteiger partial charge is 0.358 e. The van der Waals surface area contributed by atoms with Gasteiger partial charge in [-0.3, -0.25) is 14.3 Å². The molecule has 5 nitrogen and oxygen atoms in total. The molecular formula is C25H25F3N4O. The van der Waals surface area contributed by atoms with Crippen molar-refractivity contribution in [2.45, 2.75) is 32.9 Å². The summed E-state index contributed by atoms with van der Waals surface area (Å²) in [7, 11) is 0. The van der Waals surface area contributed by atoms with Crippen LogP contribution in [0.2, 0.25) is 0 Å². The molecule has 0 atom stereocenters. The molecule has 0 saturated heterocycles. The lowest BCUT2D eigenvalue weighted by molar-refractivity contribution is -0.137. The van der Waals surface area contributed by atoms with E-state index in [1.807, 2.05) is 32.0 Å². The van der Waals surface area contributed by atoms with Gasteiger partial charge in [0.25, 0.3) is 5.56 Å². The number of aromatic amines is 1. The first-order valence-corrected chi connectivity index (χ1v) is 11.0. The second-order valence-corrected chi connectivity index (χ2v) is 7.62. The number of aromatic nitrogens is 3. The average Bonchev–Trinajstić information content (AvgIpc) is 2.99. The molecule has 4 heterocycles. The van der Waals surface area contributed by atoms with E-state index in [-0.39, 0.29) is 5.56 Å². The highest BCUT2D eigenvalue weighted by Gasteiger charge is 2.30. The number of alkyl halides is 3. The summed E-state index contributed by atoms with van der Waals surface area (Å²) < 4.78 is 39.7. The van der Waals surface area contributed by atoms with Crippen LogP contribution in [0, 0.1) is 0 Å². The van der Waals surface area contributed by atoms with Gasteiger partial charge < -0.3 is 10.3 Å². The predicted octanol–water partition coefficient (Wildman–Crippen LogP) is 5.11. The third-order valence-corrected chi connectivity index (χ3v) is 5.67. The lowest BCUT2D eigenvalue weighted by Gasteiger charge is -2.09. The molecule has 0 bridgehead atoms. The van der Waals surface area contributed by atoms with Gasteiger partial charge in [0.2, 0.25) is 0 Å². The number of nitrogens with zero attached hydrogens (tertiary/aromatic N) is 2. The lowest BCUT2D eigenvalue weighted by atomic mass is 10.1. The maximum Gasteiger partial charge on any atom is 0.417 e. The summed E-state index contributed by atoms with van der Waals surface area (Å²) in [6, 6.07) is 11.2. The van der Waals surface area contributed by atoms with Crippen LogP contribution < -0.4 is 10.9 Å². The number of rotatable bonds is 2. The molecule has 0 unspecified atom stereocenters. The Labute approximate surface area is 189 Å². The molecule has 172 valence electrons. The van der Waals surface area contributed by atoms with Crippen LogP contribution in [-0.4, -0.2) is 27.6 Å². The zero-order chi connectivity index (χ0) is 23.6. The highest BCUT2D eigenvalue weighted by Crippen LogP contribution is 2.30. The summed E-state index contributed by atoms with van der Waals surface area (Å²) in [5, 5.41) is 4.56. The third kappa shape index (κ3) is 4.57. The van der Waals surface area contributed by atoms with E-state index in [2.05, 4.69) is 15.3 Å². The van der Waals surface area contributed by atoms with Gasteiger partial charge in [-0.2, -0.15) is 13.2 Å². The number of hydrogen-bond acceptors (Lipinski definition) is 3. The number of H-pyrrole nitrogens is 1. The molecule has 1 aliphatic heterocycles. The molecule has 0 fully saturated rings. The normalized spacial score (nSPS) is 13.7. The summed E-state index contributed by atoms with van der Waals surface area (Å²) in [6.07, 6.45) is -0.145. The number of benzene rings is 1. The minimum Gasteiger partial charge on any atom is -0.358 e. The number of hydrogen-bond donors (Lipinski definition) is 2. The summed E-state index contributed by atoms with van der Waals surface area (Å²) in [6.45, 7) is 5.88. The van der Waals surface area contributed by atoms with Gasteiger partial charge in [0, 0.05) is 53.6 Å². The molecular weight excluding hydrogens is 429 g/mol. The fourth-order valence-corrected chi connectivity index (χ4v) is 4.08. The van der Waals surface area contributed by atoms with Crippen LogP contribution >= 0.6 is 0 Å². The molecule has 0 radical (unpaired) electrons. The average molecular weight is 454 g/mol. The maximum atomic E-state index is 12.8. The van der Waals surface area contributed by atoms with Crippen molar-refractivity contribution < 1.29 is 13.2 Å². The lowest BCUT2D eigenvalue weighted by Crippen LogP contribution is -2.17. The maximum absolute atomic E-state index is 12.8. The predicted molar refractivity (Wildman–Crippen MR) is 124 cm³/mol. The molecule has 1 aliphatic rings. The van der Waals surface area contributed by atoms with Gasteiger partial charge in [-0.25, -0.2) is 0 Å². The Morgan fingerprint density at radius 3 is 2.48 bits per heavy atom. The van der Waals surface area contributed by atoms with Crippen LogP contribution in [0.25, 0.3) is 27.8 Å². The van der Waals surface area contributed by atoms with Crippen molar-refractivity contribution in [2.24, 2.45) is 0 Å². The Kier molecular flexibility index (Phi) is 6.37. The van der Waals surface area contributed by atoms with Gasteiger partial charge in [0.15, 0.2) is 0 Å². The topological polar surface area (TPSA) is 62.7 Å². The van der Waals surface area contributed by atoms with Crippen molar-refractivity contribution in [3.63, 3.8) is 0 Å². The first kappa shape index (κ1) is 22.8. The molecule has 2 N–H and O–H groups in total. The van der Waals surface area contributed by atoms with Crippen LogP contribution in [0.5, 0.6) is 0 Å². The van der Waals surface area contributed by atoms with Crippen LogP contribution in [0.3, 0.4) is 0 Å². The van der Waals surface area contributed by atoms with Crippen molar-refractivity contribution in [2.75, 3.05) is 13.1 Å². The summed E-state index contributed by atoms with van der Waals surface area (Å²) in [5.41, 5.74) is 3.94. The van der Waals surface area contributed by atoms with Gasteiger partial charge in [-0.1, -0.05) is 19.9 Å². The Hall–Kier alpha value is -3.39. The van der Waals surface area contributed by atoms with Crippen molar-refractivity contribution in [1.82, 2.24) is 19.9 Å². The van der Waals surface area contributed by atoms with E-state index < -0.39 is 11.7 Å². The van der Waals surface area contributed by atoms with Crippen LogP contribution in [0.4, 0.5) is 13.2 Å². The van der Waals surface area contributed by atoms with Crippen LogP contribution in [0.1, 0.15) is 30.7 Å². The summed E-state index contributed by atoms with van der Waals surface area (Å²) in [4.78, 5) is 20.1. The highest BCUT2D eigenvalue weighted by atomic mass is 19.4. The fourth-order valence-electron chi connectivity index (χ4n) is 4.08. The summed E-state index contributed by atoms with van der Waals surface area (Å²) in [5.74, 6) is 0. The van der Waals surface area contributed by atoms with Crippen molar-refractivity contribution >= 4 is 10.9 Å². The minimum absolute atomic E-state index is 0.282. The quantitative estimate of drug-likeness (QED) is 0.442. The van der Waals surface area contributed by atoms with Gasteiger partial charge >= 0.3 is 6.18 Å². The molecule has 0 spiro atoms. The Morgan fingerprint density at radius 2 is 1.79 bits per heavy atom. The van der Waals surface area contributed by atoms with Crippen molar-refractivity contribution in [3.8, 4) is 16.9 Å². The van der Waals surface area contributed by atoms with E-state index in [1.54, 1.807) is 12.3 Å². The molecule has 8 heteroatoms. The zero-order valence-corrected chi connectivity index (χ0v) is 18.5. The first-order chi connectivity index (χ1) is 15.9. The molecule has 0 saturated carbocycles. The number of fused-ring (bicyclic) bond motifs is 3. The van der Waals surface area contributed by atoms with Gasteiger partial charge in [-0.15, -0.1) is 0 Å². The molecule has 5 rings (SSSR count). The van der Waals surface area contributed by atoms with E-state index in [0.29, 0.717) is 11.3 Å². The van der Waals surface area contributed by atoms with Crippen molar-refractivity contribution in [1.29, 1.82) is 0 Å². The molecule has 33 heavy (non-hydrogen) atoms. The molecule has 1 aromatic carbocycles. The highest BCUT2D eigenvalue weighted by molar-refractivity contribution is 5.86. The van der Waals surface area contributed by atoms with Crippen molar-refractivity contribution in [3.05, 3.63) is 82.0 Å². The Bertz CT molecular complexity index is 1320. The van der Waals surface area contributed by atoms with E-state index in [9.17, 15) is 18.0 Å². The Balaban J connectivity index is 0.00000126. The van der Waals surface area contributed by atoms with Crippen LogP contribution in [-0.2, 0) is 19.0 Å². The first-order valence-electron chi connectivity index (χ1n) is 11.0. The standard InChI is InChI=1S/C23H19F3N4O.C2H6/c24-23(25,26)15-1-4-19(28-13-15)14-7-10-30(22(31)11-14)16-2-3-17-18-5-8-27-9-6-20(18)29-21(17)12-16;1-2/h1-4,7,10-13,27,29H,5-6,8-9H2;1-2H3. The summed E-state index contributed by atoms with van der Waals surface area (Å²) >= 11 is 0. The minimum atomic E-state index is -4.44. The number of pyridine rings is 2. The SMILES string of the molecule is CC.O=c1cc(-c2ccc(C(F)(F)F)cn2)ccn1-c1ccc2c3c([nH]c2c1)CCNCC3. The fraction of sp³-hybridized carbons (Fsp3) is 0.280. The second-order valence-electron chi connectivity index (χ2n) is 7.62. The second kappa shape index (κ2) is 9.23. The zero-order valence-electron chi connectivity index (χ0n) is 18.5. The Morgan fingerprint density at radius 1 is 1.00 bits per heavy atom. The largest absolute Gasteiger partial charge is 0.417 e. The number of halogens is 3. The van der Waals surface area contributed by atoms with E-state index in [4.69, 9.17) is 0 Å². The molecule has 3 aromatic heterocycles. The van der Waals surface area contributed by atoms with E-state index >= 15 is 0 Å². The third-order valence-electron chi connectivity index (χ3n) is 5.67. The monoisotopic (exact) mass is 454 g/mol. The van der Waals surface area contributed by atoms with Gasteiger partial charge in [-0.05, 0) is 48.9 Å². The number of nitrogens with one attached hydrogen (secondary N) is 2. The molecule has 0 aliphatic carbocycles.